The summed E-state index contributed by atoms with van der Waals surface area (Å²) in [5.74, 6) is -1.03. The van der Waals surface area contributed by atoms with Crippen molar-refractivity contribution in [3.8, 4) is 5.75 Å². The maximum absolute atomic E-state index is 13.1. The summed E-state index contributed by atoms with van der Waals surface area (Å²) < 4.78 is 24.1. The number of carbonyl (C=O) groups excluding carboxylic acids is 2. The van der Waals surface area contributed by atoms with Crippen molar-refractivity contribution in [1.29, 1.82) is 0 Å². The second kappa shape index (κ2) is 11.3. The van der Waals surface area contributed by atoms with E-state index in [0.29, 0.717) is 31.9 Å². The molecule has 0 aromatic heterocycles. The van der Waals surface area contributed by atoms with E-state index in [1.807, 2.05) is 4.90 Å². The zero-order valence-electron chi connectivity index (χ0n) is 19.3. The third-order valence-corrected chi connectivity index (χ3v) is 5.80. The lowest BCUT2D eigenvalue weighted by Gasteiger charge is -2.36. The Kier molecular flexibility index (Phi) is 7.74. The number of anilines is 1. The van der Waals surface area contributed by atoms with Crippen LogP contribution < -0.4 is 9.64 Å². The molecule has 4 rings (SSSR count). The van der Waals surface area contributed by atoms with Gasteiger partial charge < -0.3 is 19.3 Å². The first-order chi connectivity index (χ1) is 17.4. The Bertz CT molecular complexity index is 1230. The van der Waals surface area contributed by atoms with E-state index in [9.17, 15) is 24.1 Å². The van der Waals surface area contributed by atoms with E-state index < -0.39 is 17.5 Å². The highest BCUT2D eigenvalue weighted by atomic mass is 19.1. The summed E-state index contributed by atoms with van der Waals surface area (Å²) in [5.41, 5.74) is 1.80. The fourth-order valence-corrected chi connectivity index (χ4v) is 3.80. The first kappa shape index (κ1) is 24.6. The van der Waals surface area contributed by atoms with Crippen molar-refractivity contribution in [3.05, 3.63) is 99.9 Å². The molecule has 1 aliphatic rings. The number of benzene rings is 3. The van der Waals surface area contributed by atoms with Gasteiger partial charge in [0.05, 0.1) is 4.92 Å². The number of halogens is 1. The molecule has 3 aromatic rings. The van der Waals surface area contributed by atoms with Crippen LogP contribution in [0.4, 0.5) is 15.8 Å². The molecule has 36 heavy (non-hydrogen) atoms. The number of hydrogen-bond acceptors (Lipinski definition) is 7. The summed E-state index contributed by atoms with van der Waals surface area (Å²) in [4.78, 5) is 39.3. The van der Waals surface area contributed by atoms with Gasteiger partial charge in [0.25, 0.3) is 11.6 Å². The van der Waals surface area contributed by atoms with Crippen LogP contribution in [0.3, 0.4) is 0 Å². The van der Waals surface area contributed by atoms with Gasteiger partial charge >= 0.3 is 5.97 Å². The molecule has 1 aliphatic heterocycles. The Hall–Kier alpha value is -4.47. The highest BCUT2D eigenvalue weighted by Gasteiger charge is 2.23. The number of amides is 1. The number of para-hydroxylation sites is 1. The van der Waals surface area contributed by atoms with Gasteiger partial charge in [0.2, 0.25) is 0 Å². The quantitative estimate of drug-likeness (QED) is 0.267. The number of esters is 1. The number of rotatable bonds is 8. The largest absolute Gasteiger partial charge is 0.488 e. The summed E-state index contributed by atoms with van der Waals surface area (Å²) in [6.45, 7) is 1.72. The smallest absolute Gasteiger partial charge is 0.342 e. The normalized spacial score (nSPS) is 13.2. The Morgan fingerprint density at radius 1 is 0.917 bits per heavy atom. The summed E-state index contributed by atoms with van der Waals surface area (Å²) in [5, 5.41) is 10.8. The van der Waals surface area contributed by atoms with Crippen LogP contribution in [-0.4, -0.2) is 54.5 Å². The molecular weight excluding hydrogens is 469 g/mol. The van der Waals surface area contributed by atoms with E-state index in [4.69, 9.17) is 9.47 Å². The highest BCUT2D eigenvalue weighted by molar-refractivity contribution is 5.94. The van der Waals surface area contributed by atoms with Crippen molar-refractivity contribution < 1.29 is 28.4 Å². The molecule has 1 amide bonds. The van der Waals surface area contributed by atoms with E-state index in [1.54, 1.807) is 53.4 Å². The van der Waals surface area contributed by atoms with E-state index >= 15 is 0 Å². The van der Waals surface area contributed by atoms with Crippen LogP contribution in [0.15, 0.2) is 72.8 Å². The number of nitro benzene ring substituents is 1. The Morgan fingerprint density at radius 2 is 1.58 bits per heavy atom. The second-order valence-electron chi connectivity index (χ2n) is 8.13. The molecule has 186 valence electrons. The van der Waals surface area contributed by atoms with E-state index in [2.05, 4.69) is 0 Å². The Morgan fingerprint density at radius 3 is 2.25 bits per heavy atom. The van der Waals surface area contributed by atoms with Gasteiger partial charge in [0.15, 0.2) is 6.61 Å². The molecule has 0 N–H and O–H groups in total. The van der Waals surface area contributed by atoms with Crippen molar-refractivity contribution in [1.82, 2.24) is 4.90 Å². The van der Waals surface area contributed by atoms with Crippen molar-refractivity contribution >= 4 is 23.3 Å². The van der Waals surface area contributed by atoms with Crippen LogP contribution in [0.2, 0.25) is 0 Å². The van der Waals surface area contributed by atoms with Gasteiger partial charge in [-0.05, 0) is 42.0 Å². The van der Waals surface area contributed by atoms with Gasteiger partial charge in [-0.15, -0.1) is 0 Å². The predicted octanol–water partition coefficient (Wildman–Crippen LogP) is 3.82. The highest BCUT2D eigenvalue weighted by Crippen LogP contribution is 2.22. The van der Waals surface area contributed by atoms with Crippen molar-refractivity contribution in [2.75, 3.05) is 37.7 Å². The monoisotopic (exact) mass is 493 g/mol. The first-order valence-electron chi connectivity index (χ1n) is 11.3. The molecule has 1 fully saturated rings. The lowest BCUT2D eigenvalue weighted by Crippen LogP contribution is -2.49. The first-order valence-corrected chi connectivity index (χ1v) is 11.3. The third kappa shape index (κ3) is 6.15. The molecule has 0 saturated carbocycles. The van der Waals surface area contributed by atoms with E-state index in [1.165, 1.54) is 24.3 Å². The number of carbonyl (C=O) groups is 2. The molecule has 0 atom stereocenters. The minimum Gasteiger partial charge on any atom is -0.488 e. The van der Waals surface area contributed by atoms with Gasteiger partial charge in [-0.1, -0.05) is 24.3 Å². The molecule has 1 heterocycles. The van der Waals surface area contributed by atoms with Gasteiger partial charge in [-0.2, -0.15) is 0 Å². The lowest BCUT2D eigenvalue weighted by atomic mass is 10.2. The summed E-state index contributed by atoms with van der Waals surface area (Å²) in [6, 6.07) is 18.7. The molecule has 1 saturated heterocycles. The predicted molar refractivity (Wildman–Crippen MR) is 129 cm³/mol. The maximum atomic E-state index is 13.1. The molecule has 0 bridgehead atoms. The lowest BCUT2D eigenvalue weighted by molar-refractivity contribution is -0.384. The molecule has 0 spiro atoms. The van der Waals surface area contributed by atoms with Crippen LogP contribution in [0.25, 0.3) is 0 Å². The number of nitrogens with zero attached hydrogens (tertiary/aromatic N) is 3. The van der Waals surface area contributed by atoms with Gasteiger partial charge in [-0.25, -0.2) is 9.18 Å². The average Bonchev–Trinajstić information content (AvgIpc) is 2.91. The van der Waals surface area contributed by atoms with E-state index in [-0.39, 0.29) is 29.6 Å². The standard InChI is InChI=1S/C26H24FN3O6/c27-20-7-5-19(6-8-20)17-35-24-4-2-1-3-23(24)26(32)36-18-25(31)29-15-13-28(14-16-29)21-9-11-22(12-10-21)30(33)34/h1-12H,13-18H2. The third-order valence-electron chi connectivity index (χ3n) is 5.80. The number of nitro groups is 1. The number of piperazine rings is 1. The minimum atomic E-state index is -0.678. The van der Waals surface area contributed by atoms with Crippen LogP contribution in [-0.2, 0) is 16.1 Å². The number of non-ortho nitro benzene ring substituents is 1. The zero-order chi connectivity index (χ0) is 25.5. The minimum absolute atomic E-state index is 0.0248. The zero-order valence-corrected chi connectivity index (χ0v) is 19.3. The van der Waals surface area contributed by atoms with Gasteiger partial charge in [0, 0.05) is 44.0 Å². The fourth-order valence-electron chi connectivity index (χ4n) is 3.80. The average molecular weight is 493 g/mol. The summed E-state index contributed by atoms with van der Waals surface area (Å²) in [7, 11) is 0. The Labute approximate surface area is 206 Å². The van der Waals surface area contributed by atoms with Crippen molar-refractivity contribution in [2.24, 2.45) is 0 Å². The Balaban J connectivity index is 1.27. The molecule has 10 heteroatoms. The maximum Gasteiger partial charge on any atom is 0.342 e. The summed E-state index contributed by atoms with van der Waals surface area (Å²) >= 11 is 0. The molecule has 9 nitrogen and oxygen atoms in total. The molecule has 3 aromatic carbocycles. The van der Waals surface area contributed by atoms with Crippen LogP contribution in [0, 0.1) is 15.9 Å². The second-order valence-corrected chi connectivity index (χ2v) is 8.13. The fraction of sp³-hybridized carbons (Fsp3) is 0.231. The van der Waals surface area contributed by atoms with Crippen LogP contribution >= 0.6 is 0 Å². The van der Waals surface area contributed by atoms with Crippen LogP contribution in [0.1, 0.15) is 15.9 Å². The number of ether oxygens (including phenoxy) is 2. The molecule has 0 unspecified atom stereocenters. The molecule has 0 aliphatic carbocycles. The summed E-state index contributed by atoms with van der Waals surface area (Å²) in [6.07, 6.45) is 0. The van der Waals surface area contributed by atoms with Gasteiger partial charge in [-0.3, -0.25) is 14.9 Å². The molecule has 0 radical (unpaired) electrons. The molecular formula is C26H24FN3O6. The van der Waals surface area contributed by atoms with Gasteiger partial charge in [0.1, 0.15) is 23.7 Å². The number of hydrogen-bond donors (Lipinski definition) is 0. The van der Waals surface area contributed by atoms with Crippen molar-refractivity contribution in [3.63, 3.8) is 0 Å². The SMILES string of the molecule is O=C(OCC(=O)N1CCN(c2ccc([N+](=O)[O-])cc2)CC1)c1ccccc1OCc1ccc(F)cc1. The van der Waals surface area contributed by atoms with Crippen molar-refractivity contribution in [2.45, 2.75) is 6.61 Å². The topological polar surface area (TPSA) is 102 Å². The van der Waals surface area contributed by atoms with Crippen LogP contribution in [0.5, 0.6) is 5.75 Å². The van der Waals surface area contributed by atoms with E-state index in [0.717, 1.165) is 11.3 Å².